The maximum absolute atomic E-state index is 12.5. The number of thiophene rings is 1. The highest BCUT2D eigenvalue weighted by Crippen LogP contribution is 2.30. The second-order valence-corrected chi connectivity index (χ2v) is 8.61. The minimum absolute atomic E-state index is 0.581. The molecule has 0 amide bonds. The van der Waals surface area contributed by atoms with E-state index in [0.717, 1.165) is 39.5 Å². The van der Waals surface area contributed by atoms with Gasteiger partial charge in [0.2, 0.25) is 5.95 Å². The first-order valence-electron chi connectivity index (χ1n) is 8.66. The predicted molar refractivity (Wildman–Crippen MR) is 108 cm³/mol. The molecule has 1 aliphatic rings. The molecule has 3 aromatic rings. The Morgan fingerprint density at radius 1 is 1.27 bits per heavy atom. The molecule has 1 aromatic carbocycles. The van der Waals surface area contributed by atoms with Gasteiger partial charge in [-0.3, -0.25) is 4.21 Å². The fourth-order valence-corrected chi connectivity index (χ4v) is 5.09. The van der Waals surface area contributed by atoms with Crippen molar-refractivity contribution >= 4 is 44.1 Å². The summed E-state index contributed by atoms with van der Waals surface area (Å²) < 4.78 is 13.6. The summed E-state index contributed by atoms with van der Waals surface area (Å²) >= 11 is 1.63. The first-order chi connectivity index (χ1) is 12.8. The lowest BCUT2D eigenvalue weighted by atomic mass is 10.2. The summed E-state index contributed by atoms with van der Waals surface area (Å²) in [6.45, 7) is 2.76. The van der Waals surface area contributed by atoms with E-state index in [-0.39, 0.29) is 0 Å². The molecule has 1 unspecified atom stereocenters. The molecule has 136 valence electrons. The molecule has 8 heteroatoms. The molecule has 3 N–H and O–H groups in total. The minimum Gasteiger partial charge on any atom is -0.369 e. The van der Waals surface area contributed by atoms with Gasteiger partial charge in [0.25, 0.3) is 0 Å². The largest absolute Gasteiger partial charge is 0.369 e. The number of aromatic nitrogens is 2. The van der Waals surface area contributed by atoms with Gasteiger partial charge in [-0.2, -0.15) is 4.98 Å². The van der Waals surface area contributed by atoms with Crippen molar-refractivity contribution in [3.63, 3.8) is 0 Å². The number of hydrogen-bond donors (Lipinski definition) is 2. The number of nitrogens with zero attached hydrogens (tertiary/aromatic N) is 3. The summed E-state index contributed by atoms with van der Waals surface area (Å²) in [6.07, 6.45) is 0.891. The van der Waals surface area contributed by atoms with Crippen LogP contribution < -0.4 is 16.0 Å². The van der Waals surface area contributed by atoms with E-state index < -0.39 is 10.8 Å². The van der Waals surface area contributed by atoms with Crippen LogP contribution in [0.3, 0.4) is 0 Å². The van der Waals surface area contributed by atoms with Crippen LogP contribution in [0.1, 0.15) is 12.0 Å². The Hall–Kier alpha value is -2.03. The van der Waals surface area contributed by atoms with Crippen molar-refractivity contribution in [2.24, 2.45) is 5.73 Å². The number of anilines is 2. The van der Waals surface area contributed by atoms with Crippen LogP contribution in [0.15, 0.2) is 40.6 Å². The fraction of sp³-hybridized carbons (Fsp3) is 0.333. The Kier molecular flexibility index (Phi) is 5.14. The Bertz CT molecular complexity index is 942. The molecule has 1 atom stereocenters. The third-order valence-corrected chi connectivity index (χ3v) is 6.73. The lowest BCUT2D eigenvalue weighted by Gasteiger charge is -2.21. The van der Waals surface area contributed by atoms with E-state index in [1.807, 2.05) is 35.7 Å². The van der Waals surface area contributed by atoms with Crippen LogP contribution in [0, 0.1) is 0 Å². The van der Waals surface area contributed by atoms with Crippen molar-refractivity contribution in [3.8, 4) is 0 Å². The van der Waals surface area contributed by atoms with Crippen molar-refractivity contribution in [3.05, 3.63) is 41.3 Å². The molecule has 0 bridgehead atoms. The standard InChI is InChI=1S/C18H21N5OS2/c19-7-3-8-20-17-16-14(6-10-25-16)21-18(22-17)23-9-11-26(24)15-5-2-1-4-13(15)12-23/h1-2,4-6,10H,3,7-9,11-12,19H2,(H,20,21,22). The van der Waals surface area contributed by atoms with Crippen LogP contribution in [0.5, 0.6) is 0 Å². The molecule has 0 fully saturated rings. The third-order valence-electron chi connectivity index (χ3n) is 4.37. The molecule has 3 heterocycles. The molecule has 0 aliphatic carbocycles. The van der Waals surface area contributed by atoms with Crippen LogP contribution in [-0.2, 0) is 17.3 Å². The third kappa shape index (κ3) is 3.44. The normalized spacial score (nSPS) is 17.1. The second kappa shape index (κ2) is 7.69. The van der Waals surface area contributed by atoms with Gasteiger partial charge in [-0.1, -0.05) is 18.2 Å². The van der Waals surface area contributed by atoms with Gasteiger partial charge in [-0.15, -0.1) is 11.3 Å². The van der Waals surface area contributed by atoms with Crippen molar-refractivity contribution in [1.29, 1.82) is 0 Å². The van der Waals surface area contributed by atoms with Gasteiger partial charge >= 0.3 is 0 Å². The summed E-state index contributed by atoms with van der Waals surface area (Å²) in [5, 5.41) is 5.42. The van der Waals surface area contributed by atoms with E-state index in [9.17, 15) is 4.21 Å². The van der Waals surface area contributed by atoms with Gasteiger partial charge in [0, 0.05) is 30.3 Å². The van der Waals surface area contributed by atoms with E-state index in [2.05, 4.69) is 10.2 Å². The van der Waals surface area contributed by atoms with Crippen LogP contribution in [0.25, 0.3) is 10.2 Å². The highest BCUT2D eigenvalue weighted by Gasteiger charge is 2.22. The summed E-state index contributed by atoms with van der Waals surface area (Å²) in [5.41, 5.74) is 7.62. The van der Waals surface area contributed by atoms with E-state index in [0.29, 0.717) is 31.3 Å². The summed E-state index contributed by atoms with van der Waals surface area (Å²) in [4.78, 5) is 12.6. The number of benzene rings is 1. The maximum Gasteiger partial charge on any atom is 0.228 e. The molecule has 2 aromatic heterocycles. The molecule has 0 spiro atoms. The smallest absolute Gasteiger partial charge is 0.228 e. The van der Waals surface area contributed by atoms with E-state index >= 15 is 0 Å². The summed E-state index contributed by atoms with van der Waals surface area (Å²) in [7, 11) is -0.982. The Balaban J connectivity index is 1.69. The quantitative estimate of drug-likeness (QED) is 0.655. The molecule has 0 saturated heterocycles. The molecule has 1 aliphatic heterocycles. The molecular formula is C18H21N5OS2. The van der Waals surface area contributed by atoms with Gasteiger partial charge in [-0.05, 0) is 36.0 Å². The Morgan fingerprint density at radius 2 is 2.15 bits per heavy atom. The van der Waals surface area contributed by atoms with Crippen molar-refractivity contribution in [2.75, 3.05) is 35.6 Å². The van der Waals surface area contributed by atoms with Gasteiger partial charge < -0.3 is 16.0 Å². The summed E-state index contributed by atoms with van der Waals surface area (Å²) in [5.74, 6) is 2.12. The van der Waals surface area contributed by atoms with Crippen LogP contribution in [0.2, 0.25) is 0 Å². The Morgan fingerprint density at radius 3 is 3.04 bits per heavy atom. The average Bonchev–Trinajstić information content (AvgIpc) is 3.07. The molecule has 4 rings (SSSR count). The zero-order chi connectivity index (χ0) is 17.9. The average molecular weight is 388 g/mol. The highest BCUT2D eigenvalue weighted by atomic mass is 32.2. The van der Waals surface area contributed by atoms with Crippen LogP contribution >= 0.6 is 11.3 Å². The molecule has 6 nitrogen and oxygen atoms in total. The molecule has 0 saturated carbocycles. The number of nitrogens with one attached hydrogen (secondary N) is 1. The van der Waals surface area contributed by atoms with E-state index in [1.165, 1.54) is 0 Å². The van der Waals surface area contributed by atoms with Gasteiger partial charge in [-0.25, -0.2) is 4.98 Å². The highest BCUT2D eigenvalue weighted by molar-refractivity contribution is 7.85. The number of fused-ring (bicyclic) bond motifs is 2. The SMILES string of the molecule is NCCCNc1nc(N2CCS(=O)c3ccccc3C2)nc2ccsc12. The zero-order valence-electron chi connectivity index (χ0n) is 14.4. The van der Waals surface area contributed by atoms with Crippen LogP contribution in [-0.4, -0.2) is 39.6 Å². The maximum atomic E-state index is 12.5. The first kappa shape index (κ1) is 17.4. The monoisotopic (exact) mass is 387 g/mol. The van der Waals surface area contributed by atoms with Crippen molar-refractivity contribution in [1.82, 2.24) is 9.97 Å². The molecule has 0 radical (unpaired) electrons. The zero-order valence-corrected chi connectivity index (χ0v) is 16.0. The number of hydrogen-bond acceptors (Lipinski definition) is 7. The van der Waals surface area contributed by atoms with Crippen molar-refractivity contribution < 1.29 is 4.21 Å². The second-order valence-electron chi connectivity index (χ2n) is 6.16. The topological polar surface area (TPSA) is 84.1 Å². The van der Waals surface area contributed by atoms with E-state index in [1.54, 1.807) is 11.3 Å². The van der Waals surface area contributed by atoms with Crippen molar-refractivity contribution in [2.45, 2.75) is 17.9 Å². The molecular weight excluding hydrogens is 366 g/mol. The van der Waals surface area contributed by atoms with Gasteiger partial charge in [0.05, 0.1) is 21.0 Å². The lowest BCUT2D eigenvalue weighted by molar-refractivity contribution is 0.683. The minimum atomic E-state index is -0.982. The molecule has 26 heavy (non-hydrogen) atoms. The van der Waals surface area contributed by atoms with E-state index in [4.69, 9.17) is 15.7 Å². The van der Waals surface area contributed by atoms with Gasteiger partial charge in [0.1, 0.15) is 5.82 Å². The first-order valence-corrected chi connectivity index (χ1v) is 10.9. The lowest BCUT2D eigenvalue weighted by Crippen LogP contribution is -2.27. The van der Waals surface area contributed by atoms with Crippen LogP contribution in [0.4, 0.5) is 11.8 Å². The predicted octanol–water partition coefficient (Wildman–Crippen LogP) is 2.58. The number of rotatable bonds is 5. The Labute approximate surface area is 158 Å². The van der Waals surface area contributed by atoms with Gasteiger partial charge in [0.15, 0.2) is 0 Å². The fourth-order valence-electron chi connectivity index (χ4n) is 3.04. The number of nitrogens with two attached hydrogens (primary N) is 1. The summed E-state index contributed by atoms with van der Waals surface area (Å²) in [6, 6.07) is 9.94.